The average molecular weight is 563 g/mol. The molecule has 0 unspecified atom stereocenters. The molecule has 5 aromatic heterocycles. The zero-order chi connectivity index (χ0) is 28.3. The van der Waals surface area contributed by atoms with E-state index in [1.54, 1.807) is 17.5 Å². The second kappa shape index (κ2) is 11.6. The van der Waals surface area contributed by atoms with E-state index >= 15 is 0 Å². The lowest BCUT2D eigenvalue weighted by Crippen LogP contribution is -2.28. The third kappa shape index (κ3) is 5.91. The van der Waals surface area contributed by atoms with Crippen LogP contribution in [-0.2, 0) is 0 Å². The quantitative estimate of drug-likeness (QED) is 0.151. The topological polar surface area (TPSA) is 103 Å². The number of nitrogens with zero attached hydrogens (tertiary/aromatic N) is 4. The Balaban J connectivity index is 1.21. The zero-order valence-corrected chi connectivity index (χ0v) is 24.2. The molecule has 6 rings (SSSR count). The van der Waals surface area contributed by atoms with Crippen molar-refractivity contribution >= 4 is 39.4 Å². The Hall–Kier alpha value is -4.34. The van der Waals surface area contributed by atoms with Gasteiger partial charge < -0.3 is 16.0 Å². The number of rotatable bonds is 9. The maximum atomic E-state index is 4.68. The van der Waals surface area contributed by atoms with Crippen LogP contribution >= 0.6 is 11.3 Å². The van der Waals surface area contributed by atoms with Gasteiger partial charge in [-0.25, -0.2) is 4.98 Å². The third-order valence-corrected chi connectivity index (χ3v) is 8.60. The van der Waals surface area contributed by atoms with E-state index in [9.17, 15) is 0 Å². The number of aromatic amines is 1. The number of aromatic nitrogens is 5. The maximum Gasteiger partial charge on any atom is 0.133 e. The molecule has 9 heteroatoms. The number of thiophene rings is 1. The molecule has 0 saturated carbocycles. The first-order chi connectivity index (χ1) is 19.9. The zero-order valence-electron chi connectivity index (χ0n) is 23.4. The fourth-order valence-electron chi connectivity index (χ4n) is 5.35. The summed E-state index contributed by atoms with van der Waals surface area (Å²) < 4.78 is 0. The highest BCUT2D eigenvalue weighted by Crippen LogP contribution is 2.34. The molecule has 41 heavy (non-hydrogen) atoms. The Morgan fingerprint density at radius 3 is 2.68 bits per heavy atom. The van der Waals surface area contributed by atoms with E-state index in [1.807, 2.05) is 24.7 Å². The molecular formula is C32H34N8S. The summed E-state index contributed by atoms with van der Waals surface area (Å²) in [6.45, 7) is 14.9. The number of nitrogens with one attached hydrogen (secondary N) is 4. The van der Waals surface area contributed by atoms with Crippen molar-refractivity contribution in [3.63, 3.8) is 0 Å². The van der Waals surface area contributed by atoms with Gasteiger partial charge in [0.25, 0.3) is 0 Å². The number of fused-ring (bicyclic) bond motifs is 1. The van der Waals surface area contributed by atoms with Gasteiger partial charge in [0.05, 0.1) is 35.0 Å². The summed E-state index contributed by atoms with van der Waals surface area (Å²) >= 11 is 1.77. The predicted octanol–water partition coefficient (Wildman–Crippen LogP) is 7.16. The van der Waals surface area contributed by atoms with Gasteiger partial charge in [-0.3, -0.25) is 15.1 Å². The van der Waals surface area contributed by atoms with Gasteiger partial charge in [0.1, 0.15) is 11.5 Å². The number of allylic oxidation sites excluding steroid dienone is 1. The van der Waals surface area contributed by atoms with Crippen molar-refractivity contribution in [1.82, 2.24) is 30.5 Å². The Bertz CT molecular complexity index is 1730. The van der Waals surface area contributed by atoms with E-state index in [-0.39, 0.29) is 0 Å². The maximum absolute atomic E-state index is 4.68. The van der Waals surface area contributed by atoms with E-state index in [0.717, 1.165) is 75.7 Å². The van der Waals surface area contributed by atoms with Gasteiger partial charge in [-0.1, -0.05) is 13.2 Å². The summed E-state index contributed by atoms with van der Waals surface area (Å²) in [5.41, 5.74) is 8.07. The Labute approximate surface area is 244 Å². The van der Waals surface area contributed by atoms with Crippen LogP contribution in [0.5, 0.6) is 0 Å². The lowest BCUT2D eigenvalue weighted by molar-refractivity contribution is 0.373. The molecule has 4 N–H and O–H groups in total. The van der Waals surface area contributed by atoms with E-state index in [0.29, 0.717) is 11.6 Å². The van der Waals surface area contributed by atoms with Crippen molar-refractivity contribution in [2.45, 2.75) is 33.1 Å². The van der Waals surface area contributed by atoms with Crippen LogP contribution in [0.15, 0.2) is 74.0 Å². The molecule has 0 atom stereocenters. The Morgan fingerprint density at radius 1 is 1.02 bits per heavy atom. The summed E-state index contributed by atoms with van der Waals surface area (Å²) in [6.07, 6.45) is 10.6. The highest BCUT2D eigenvalue weighted by molar-refractivity contribution is 7.15. The summed E-state index contributed by atoms with van der Waals surface area (Å²) in [5.74, 6) is 1.43. The van der Waals surface area contributed by atoms with E-state index in [4.69, 9.17) is 0 Å². The van der Waals surface area contributed by atoms with Crippen molar-refractivity contribution < 1.29 is 0 Å². The number of anilines is 2. The first-order valence-electron chi connectivity index (χ1n) is 13.9. The number of hydrogen-bond donors (Lipinski definition) is 4. The van der Waals surface area contributed by atoms with Gasteiger partial charge >= 0.3 is 0 Å². The molecule has 0 aromatic carbocycles. The first kappa shape index (κ1) is 26.9. The van der Waals surface area contributed by atoms with Gasteiger partial charge in [-0.2, -0.15) is 5.10 Å². The molecule has 1 saturated heterocycles. The SMILES string of the molecule is C=C(CC1CCNCC1)Nc1cncc(-c2cc3c(C(=C)Nc4nccc(-c5ccc(C)s5)c4C)n[nH]c3cn2)c1. The normalized spacial score (nSPS) is 13.8. The van der Waals surface area contributed by atoms with Crippen LogP contribution in [0.1, 0.15) is 35.4 Å². The minimum Gasteiger partial charge on any atom is -0.358 e. The summed E-state index contributed by atoms with van der Waals surface area (Å²) in [6, 6.07) is 10.4. The fourth-order valence-corrected chi connectivity index (χ4v) is 6.30. The molecule has 1 fully saturated rings. The number of H-pyrrole nitrogens is 1. The number of aryl methyl sites for hydroxylation is 1. The van der Waals surface area contributed by atoms with Crippen LogP contribution in [0.3, 0.4) is 0 Å². The van der Waals surface area contributed by atoms with Gasteiger partial charge in [0.15, 0.2) is 0 Å². The highest BCUT2D eigenvalue weighted by Gasteiger charge is 2.16. The molecule has 208 valence electrons. The molecule has 8 nitrogen and oxygen atoms in total. The van der Waals surface area contributed by atoms with Crippen molar-refractivity contribution in [3.05, 3.63) is 90.1 Å². The van der Waals surface area contributed by atoms with Crippen molar-refractivity contribution in [3.8, 4) is 21.7 Å². The predicted molar refractivity (Wildman–Crippen MR) is 170 cm³/mol. The van der Waals surface area contributed by atoms with Crippen LogP contribution in [0.25, 0.3) is 38.3 Å². The molecule has 5 aromatic rings. The van der Waals surface area contributed by atoms with Crippen LogP contribution in [0.4, 0.5) is 11.5 Å². The lowest BCUT2D eigenvalue weighted by Gasteiger charge is -2.23. The standard InChI is InChI=1S/C32H34N8S/c1-19(13-23-7-10-33-11-8-23)37-25-14-24(16-34-17-25)28-15-27-29(18-36-28)39-40-31(27)22(4)38-32-21(3)26(9-12-35-32)30-6-5-20(2)41-30/h5-6,9,12,14-18,23,33,37H,1,4,7-8,10-11,13H2,2-3H3,(H,35,38)(H,39,40). The summed E-state index contributed by atoms with van der Waals surface area (Å²) in [5, 5.41) is 18.8. The first-order valence-corrected chi connectivity index (χ1v) is 14.7. The summed E-state index contributed by atoms with van der Waals surface area (Å²) in [4.78, 5) is 16.2. The number of hydrogen-bond acceptors (Lipinski definition) is 8. The minimum absolute atomic E-state index is 0.659. The van der Waals surface area contributed by atoms with Crippen LogP contribution < -0.4 is 16.0 Å². The van der Waals surface area contributed by atoms with E-state index in [1.165, 1.54) is 22.6 Å². The molecule has 0 aliphatic carbocycles. The number of piperidine rings is 1. The molecule has 0 radical (unpaired) electrons. The minimum atomic E-state index is 0.659. The van der Waals surface area contributed by atoms with Crippen molar-refractivity contribution in [2.24, 2.45) is 5.92 Å². The third-order valence-electron chi connectivity index (χ3n) is 7.56. The van der Waals surface area contributed by atoms with Gasteiger partial charge in [-0.15, -0.1) is 11.3 Å². The van der Waals surface area contributed by atoms with Gasteiger partial charge in [-0.05, 0) is 88.0 Å². The van der Waals surface area contributed by atoms with Crippen molar-refractivity contribution in [1.29, 1.82) is 0 Å². The van der Waals surface area contributed by atoms with Crippen LogP contribution in [0, 0.1) is 19.8 Å². The second-order valence-electron chi connectivity index (χ2n) is 10.6. The Kier molecular flexibility index (Phi) is 7.63. The van der Waals surface area contributed by atoms with Crippen molar-refractivity contribution in [2.75, 3.05) is 23.7 Å². The van der Waals surface area contributed by atoms with Gasteiger partial charge in [0, 0.05) is 44.4 Å². The molecule has 0 bridgehead atoms. The average Bonchev–Trinajstić information content (AvgIpc) is 3.60. The van der Waals surface area contributed by atoms with Crippen LogP contribution in [0.2, 0.25) is 0 Å². The molecule has 1 aliphatic heterocycles. The fraction of sp³-hybridized carbons (Fsp3) is 0.250. The molecule has 0 amide bonds. The lowest BCUT2D eigenvalue weighted by atomic mass is 9.93. The highest BCUT2D eigenvalue weighted by atomic mass is 32.1. The molecule has 0 spiro atoms. The molecule has 1 aliphatic rings. The van der Waals surface area contributed by atoms with Gasteiger partial charge in [0.2, 0.25) is 0 Å². The van der Waals surface area contributed by atoms with E-state index in [2.05, 4.69) is 92.4 Å². The molecular weight excluding hydrogens is 528 g/mol. The molecule has 6 heterocycles. The van der Waals surface area contributed by atoms with E-state index < -0.39 is 0 Å². The monoisotopic (exact) mass is 562 g/mol. The smallest absolute Gasteiger partial charge is 0.133 e. The Morgan fingerprint density at radius 2 is 1.88 bits per heavy atom. The second-order valence-corrected chi connectivity index (χ2v) is 11.9. The largest absolute Gasteiger partial charge is 0.358 e. The summed E-state index contributed by atoms with van der Waals surface area (Å²) in [7, 11) is 0. The van der Waals surface area contributed by atoms with Crippen LogP contribution in [-0.4, -0.2) is 38.2 Å². The number of pyridine rings is 3.